The highest BCUT2D eigenvalue weighted by Gasteiger charge is 2.12. The molecule has 19 heavy (non-hydrogen) atoms. The molecule has 98 valence electrons. The Bertz CT molecular complexity index is 606. The number of imidazole rings is 1. The number of carbonyl (C=O) groups excluding carboxylic acids is 2. The molecule has 0 aliphatic rings. The van der Waals surface area contributed by atoms with Gasteiger partial charge >= 0.3 is 5.97 Å². The van der Waals surface area contributed by atoms with Crippen LogP contribution in [0.5, 0.6) is 0 Å². The Balaban J connectivity index is 2.17. The van der Waals surface area contributed by atoms with E-state index < -0.39 is 5.97 Å². The fraction of sp³-hybridized carbons (Fsp3) is 0.154. The second-order valence-electron chi connectivity index (χ2n) is 3.91. The molecular formula is C13H13N3O3. The van der Waals surface area contributed by atoms with Crippen molar-refractivity contribution < 1.29 is 14.3 Å². The molecule has 0 fully saturated rings. The smallest absolute Gasteiger partial charge is 0.338 e. The molecule has 0 bridgehead atoms. The van der Waals surface area contributed by atoms with Gasteiger partial charge in [-0.1, -0.05) is 0 Å². The van der Waals surface area contributed by atoms with E-state index in [1.165, 1.54) is 13.3 Å². The molecular weight excluding hydrogens is 246 g/mol. The topological polar surface area (TPSA) is 84.1 Å². The van der Waals surface area contributed by atoms with Crippen LogP contribution in [0.3, 0.4) is 0 Å². The van der Waals surface area contributed by atoms with E-state index >= 15 is 0 Å². The van der Waals surface area contributed by atoms with Gasteiger partial charge in [0.15, 0.2) is 5.82 Å². The molecule has 0 saturated heterocycles. The number of benzene rings is 1. The molecule has 0 spiro atoms. The number of aryl methyl sites for hydroxylation is 1. The van der Waals surface area contributed by atoms with Gasteiger partial charge in [-0.3, -0.25) is 4.79 Å². The first-order valence-electron chi connectivity index (χ1n) is 5.61. The van der Waals surface area contributed by atoms with Crippen molar-refractivity contribution in [3.05, 3.63) is 47.5 Å². The summed E-state index contributed by atoms with van der Waals surface area (Å²) in [6.07, 6.45) is 3.07. The zero-order valence-electron chi connectivity index (χ0n) is 10.6. The largest absolute Gasteiger partial charge is 0.465 e. The summed E-state index contributed by atoms with van der Waals surface area (Å²) in [6, 6.07) is 4.95. The first-order valence-corrected chi connectivity index (χ1v) is 5.61. The number of nitrogens with zero attached hydrogens (tertiary/aromatic N) is 1. The van der Waals surface area contributed by atoms with Gasteiger partial charge in [-0.15, -0.1) is 0 Å². The van der Waals surface area contributed by atoms with Crippen LogP contribution >= 0.6 is 0 Å². The molecule has 6 heteroatoms. The number of hydrogen-bond donors (Lipinski definition) is 2. The lowest BCUT2D eigenvalue weighted by atomic mass is 10.1. The summed E-state index contributed by atoms with van der Waals surface area (Å²) in [5, 5.41) is 2.68. The van der Waals surface area contributed by atoms with E-state index in [-0.39, 0.29) is 11.7 Å². The molecule has 1 heterocycles. The number of anilines is 1. The van der Waals surface area contributed by atoms with Crippen molar-refractivity contribution in [2.75, 3.05) is 12.4 Å². The van der Waals surface area contributed by atoms with Crippen LogP contribution in [-0.4, -0.2) is 29.0 Å². The molecule has 2 N–H and O–H groups in total. The van der Waals surface area contributed by atoms with Crippen LogP contribution in [0.15, 0.2) is 30.6 Å². The third-order valence-electron chi connectivity index (χ3n) is 2.60. The van der Waals surface area contributed by atoms with Crippen molar-refractivity contribution >= 4 is 17.6 Å². The number of ether oxygens (including phenoxy) is 1. The molecule has 6 nitrogen and oxygen atoms in total. The molecule has 1 aromatic carbocycles. The number of methoxy groups -OCH3 is 1. The second-order valence-corrected chi connectivity index (χ2v) is 3.91. The second kappa shape index (κ2) is 5.34. The number of H-pyrrole nitrogens is 1. The Labute approximate surface area is 109 Å². The van der Waals surface area contributed by atoms with Crippen molar-refractivity contribution in [2.24, 2.45) is 0 Å². The number of carbonyl (C=O) groups is 2. The Hall–Kier alpha value is -2.63. The lowest BCUT2D eigenvalue weighted by Crippen LogP contribution is -2.14. The number of esters is 1. The Morgan fingerprint density at radius 3 is 2.74 bits per heavy atom. The number of nitrogens with one attached hydrogen (secondary N) is 2. The monoisotopic (exact) mass is 259 g/mol. The Kier molecular flexibility index (Phi) is 3.61. The predicted molar refractivity (Wildman–Crippen MR) is 69.1 cm³/mol. The van der Waals surface area contributed by atoms with Crippen LogP contribution in [0.25, 0.3) is 0 Å². The van der Waals surface area contributed by atoms with Gasteiger partial charge in [0.2, 0.25) is 0 Å². The number of hydrogen-bond acceptors (Lipinski definition) is 4. The van der Waals surface area contributed by atoms with Crippen molar-refractivity contribution in [1.29, 1.82) is 0 Å². The average Bonchev–Trinajstić information content (AvgIpc) is 2.92. The highest BCUT2D eigenvalue weighted by atomic mass is 16.5. The van der Waals surface area contributed by atoms with Gasteiger partial charge in [-0.05, 0) is 30.7 Å². The van der Waals surface area contributed by atoms with E-state index in [1.807, 2.05) is 0 Å². The fourth-order valence-electron chi connectivity index (χ4n) is 1.66. The standard InChI is InChI=1S/C13H13N3O3/c1-8-7-9(3-4-10(8)13(18)19-2)16-12(17)11-14-5-6-15-11/h3-7H,1-2H3,(H,14,15)(H,16,17). The van der Waals surface area contributed by atoms with Crippen molar-refractivity contribution in [1.82, 2.24) is 9.97 Å². The van der Waals surface area contributed by atoms with Gasteiger partial charge in [0.05, 0.1) is 12.7 Å². The first-order chi connectivity index (χ1) is 9.11. The number of aromatic nitrogens is 2. The van der Waals surface area contributed by atoms with Crippen molar-refractivity contribution in [3.8, 4) is 0 Å². The van der Waals surface area contributed by atoms with Gasteiger partial charge in [0.25, 0.3) is 5.91 Å². The SMILES string of the molecule is COC(=O)c1ccc(NC(=O)c2ncc[nH]2)cc1C. The van der Waals surface area contributed by atoms with Gasteiger partial charge in [0, 0.05) is 18.1 Å². The third-order valence-corrected chi connectivity index (χ3v) is 2.60. The van der Waals surface area contributed by atoms with E-state index in [1.54, 1.807) is 31.3 Å². The van der Waals surface area contributed by atoms with E-state index in [0.29, 0.717) is 11.3 Å². The maximum absolute atomic E-state index is 11.8. The van der Waals surface area contributed by atoms with Crippen LogP contribution < -0.4 is 5.32 Å². The molecule has 2 aromatic rings. The summed E-state index contributed by atoms with van der Waals surface area (Å²) < 4.78 is 4.66. The quantitative estimate of drug-likeness (QED) is 0.822. The molecule has 0 atom stereocenters. The normalized spacial score (nSPS) is 10.0. The lowest BCUT2D eigenvalue weighted by Gasteiger charge is -2.07. The zero-order chi connectivity index (χ0) is 13.8. The minimum absolute atomic E-state index is 0.231. The average molecular weight is 259 g/mol. The predicted octanol–water partition coefficient (Wildman–Crippen LogP) is 1.76. The molecule has 1 aromatic heterocycles. The van der Waals surface area contributed by atoms with Crippen molar-refractivity contribution in [3.63, 3.8) is 0 Å². The minimum atomic E-state index is -0.401. The summed E-state index contributed by atoms with van der Waals surface area (Å²) in [5.74, 6) is -0.508. The summed E-state index contributed by atoms with van der Waals surface area (Å²) >= 11 is 0. The van der Waals surface area contributed by atoms with E-state index in [4.69, 9.17) is 0 Å². The number of amides is 1. The van der Waals surface area contributed by atoms with Crippen LogP contribution in [-0.2, 0) is 4.74 Å². The summed E-state index contributed by atoms with van der Waals surface area (Å²) in [4.78, 5) is 29.8. The molecule has 0 saturated carbocycles. The molecule has 0 aliphatic heterocycles. The molecule has 0 radical (unpaired) electrons. The van der Waals surface area contributed by atoms with Crippen molar-refractivity contribution in [2.45, 2.75) is 6.92 Å². The fourth-order valence-corrected chi connectivity index (χ4v) is 1.66. The maximum Gasteiger partial charge on any atom is 0.338 e. The van der Waals surface area contributed by atoms with Crippen LogP contribution in [0.4, 0.5) is 5.69 Å². The minimum Gasteiger partial charge on any atom is -0.465 e. The Morgan fingerprint density at radius 2 is 2.16 bits per heavy atom. The highest BCUT2D eigenvalue weighted by Crippen LogP contribution is 2.16. The van der Waals surface area contributed by atoms with E-state index in [0.717, 1.165) is 5.56 Å². The van der Waals surface area contributed by atoms with Gasteiger partial charge < -0.3 is 15.0 Å². The van der Waals surface area contributed by atoms with Crippen LogP contribution in [0.2, 0.25) is 0 Å². The molecule has 2 rings (SSSR count). The molecule has 0 unspecified atom stereocenters. The molecule has 0 aliphatic carbocycles. The summed E-state index contributed by atoms with van der Waals surface area (Å²) in [6.45, 7) is 1.77. The van der Waals surface area contributed by atoms with Gasteiger partial charge in [0.1, 0.15) is 0 Å². The van der Waals surface area contributed by atoms with Gasteiger partial charge in [-0.2, -0.15) is 0 Å². The van der Waals surface area contributed by atoms with Crippen LogP contribution in [0.1, 0.15) is 26.5 Å². The Morgan fingerprint density at radius 1 is 1.37 bits per heavy atom. The third kappa shape index (κ3) is 2.79. The van der Waals surface area contributed by atoms with Gasteiger partial charge in [-0.25, -0.2) is 9.78 Å². The number of rotatable bonds is 3. The first kappa shape index (κ1) is 12.8. The zero-order valence-corrected chi connectivity index (χ0v) is 10.6. The van der Waals surface area contributed by atoms with E-state index in [9.17, 15) is 9.59 Å². The number of aromatic amines is 1. The summed E-state index contributed by atoms with van der Waals surface area (Å²) in [7, 11) is 1.33. The van der Waals surface area contributed by atoms with Crippen LogP contribution in [0, 0.1) is 6.92 Å². The maximum atomic E-state index is 11.8. The summed E-state index contributed by atoms with van der Waals surface area (Å²) in [5.41, 5.74) is 1.79. The lowest BCUT2D eigenvalue weighted by molar-refractivity contribution is 0.0600. The van der Waals surface area contributed by atoms with E-state index in [2.05, 4.69) is 20.0 Å². The highest BCUT2D eigenvalue weighted by molar-refractivity contribution is 6.02. The molecule has 1 amide bonds.